The van der Waals surface area contributed by atoms with Gasteiger partial charge < -0.3 is 14.8 Å². The predicted octanol–water partition coefficient (Wildman–Crippen LogP) is 2.87. The molecular formula is C19H25ClN6O2. The van der Waals surface area contributed by atoms with Crippen molar-refractivity contribution < 1.29 is 4.52 Å². The van der Waals surface area contributed by atoms with Crippen molar-refractivity contribution in [2.45, 2.75) is 50.9 Å². The number of aromatic nitrogens is 5. The lowest BCUT2D eigenvalue weighted by Crippen LogP contribution is -2.28. The number of rotatable bonds is 3. The van der Waals surface area contributed by atoms with E-state index in [0.717, 1.165) is 38.0 Å². The van der Waals surface area contributed by atoms with Crippen molar-refractivity contribution in [2.24, 2.45) is 5.92 Å². The van der Waals surface area contributed by atoms with Gasteiger partial charge in [-0.1, -0.05) is 18.5 Å². The second-order valence-electron chi connectivity index (χ2n) is 7.87. The fourth-order valence-electron chi connectivity index (χ4n) is 4.59. The van der Waals surface area contributed by atoms with E-state index < -0.39 is 0 Å². The molecule has 0 spiro atoms. The molecule has 1 aliphatic heterocycles. The van der Waals surface area contributed by atoms with Crippen molar-refractivity contribution >= 4 is 18.1 Å². The minimum absolute atomic E-state index is 0. The van der Waals surface area contributed by atoms with Crippen LogP contribution in [0, 0.1) is 5.92 Å². The molecule has 1 saturated heterocycles. The summed E-state index contributed by atoms with van der Waals surface area (Å²) in [6.45, 7) is 4.15. The molecule has 2 atom stereocenters. The summed E-state index contributed by atoms with van der Waals surface area (Å²) in [6.07, 6.45) is 7.22. The van der Waals surface area contributed by atoms with E-state index in [2.05, 4.69) is 32.5 Å². The zero-order chi connectivity index (χ0) is 18.4. The van der Waals surface area contributed by atoms with Gasteiger partial charge in [-0.2, -0.15) is 10.1 Å². The van der Waals surface area contributed by atoms with Gasteiger partial charge in [-0.15, -0.1) is 12.4 Å². The number of hydrogen-bond donors (Lipinski definition) is 2. The maximum absolute atomic E-state index is 12.3. The van der Waals surface area contributed by atoms with Gasteiger partial charge in [0, 0.05) is 17.9 Å². The van der Waals surface area contributed by atoms with E-state index in [-0.39, 0.29) is 18.0 Å². The molecule has 8 nitrogen and oxygen atoms in total. The van der Waals surface area contributed by atoms with E-state index in [0.29, 0.717) is 40.7 Å². The summed E-state index contributed by atoms with van der Waals surface area (Å²) in [6, 6.07) is 1.67. The van der Waals surface area contributed by atoms with Crippen molar-refractivity contribution in [3.63, 3.8) is 0 Å². The number of hydrogen-bond acceptors (Lipinski definition) is 6. The lowest BCUT2D eigenvalue weighted by molar-refractivity contribution is 0.331. The summed E-state index contributed by atoms with van der Waals surface area (Å²) < 4.78 is 7.40. The van der Waals surface area contributed by atoms with E-state index in [4.69, 9.17) is 4.52 Å². The van der Waals surface area contributed by atoms with Crippen molar-refractivity contribution in [1.29, 1.82) is 0 Å². The quantitative estimate of drug-likeness (QED) is 0.696. The van der Waals surface area contributed by atoms with Gasteiger partial charge in [-0.3, -0.25) is 4.79 Å². The van der Waals surface area contributed by atoms with Crippen LogP contribution >= 0.6 is 12.4 Å². The normalized spacial score (nSPS) is 23.2. The molecule has 3 aromatic heterocycles. The van der Waals surface area contributed by atoms with Crippen LogP contribution in [-0.2, 0) is 0 Å². The standard InChI is InChI=1S/C19H24N6O2.ClH/c1-11-3-2-4-13(11)19-23-17(24-27-19)14-10-21-25-15(9-16(26)22-18(14)25)12-5-7-20-8-6-12;/h9-13,20H,2-8H2,1H3,(H,22,26);1H/t11-,13+;/m0./s1. The SMILES string of the molecule is C[C@H]1CCC[C@H]1c1nc(-c2cnn3c(C4CCNCC4)cc(=O)[nH]c23)no1.Cl. The Labute approximate surface area is 168 Å². The van der Waals surface area contributed by atoms with Gasteiger partial charge in [0.05, 0.1) is 17.5 Å². The third-order valence-electron chi connectivity index (χ3n) is 6.15. The van der Waals surface area contributed by atoms with Crippen molar-refractivity contribution in [3.8, 4) is 11.4 Å². The van der Waals surface area contributed by atoms with Crippen molar-refractivity contribution in [2.75, 3.05) is 13.1 Å². The summed E-state index contributed by atoms with van der Waals surface area (Å²) in [4.78, 5) is 19.9. The molecule has 2 N–H and O–H groups in total. The van der Waals surface area contributed by atoms with E-state index in [1.165, 1.54) is 12.8 Å². The van der Waals surface area contributed by atoms with Crippen LogP contribution in [0.5, 0.6) is 0 Å². The molecule has 2 fully saturated rings. The Kier molecular flexibility index (Phi) is 5.25. The fraction of sp³-hybridized carbons (Fsp3) is 0.579. The molecule has 2 aliphatic rings. The molecule has 0 amide bonds. The Balaban J connectivity index is 0.00000192. The molecule has 0 aromatic carbocycles. The third kappa shape index (κ3) is 3.24. The lowest BCUT2D eigenvalue weighted by Gasteiger charge is -2.23. The molecular weight excluding hydrogens is 380 g/mol. The molecule has 0 radical (unpaired) electrons. The first kappa shape index (κ1) is 19.1. The van der Waals surface area contributed by atoms with Crippen LogP contribution in [0.15, 0.2) is 21.6 Å². The highest BCUT2D eigenvalue weighted by Crippen LogP contribution is 2.39. The van der Waals surface area contributed by atoms with Gasteiger partial charge in [0.25, 0.3) is 5.56 Å². The van der Waals surface area contributed by atoms with Gasteiger partial charge in [-0.25, -0.2) is 4.52 Å². The van der Waals surface area contributed by atoms with Crippen LogP contribution in [0.2, 0.25) is 0 Å². The summed E-state index contributed by atoms with van der Waals surface area (Å²) in [5.74, 6) is 2.42. The average Bonchev–Trinajstić information content (AvgIpc) is 3.40. The molecule has 150 valence electrons. The zero-order valence-electron chi connectivity index (χ0n) is 15.9. The minimum Gasteiger partial charge on any atom is -0.339 e. The molecule has 3 aromatic rings. The van der Waals surface area contributed by atoms with Crippen LogP contribution in [0.3, 0.4) is 0 Å². The summed E-state index contributed by atoms with van der Waals surface area (Å²) in [5.41, 5.74) is 2.19. The van der Waals surface area contributed by atoms with E-state index in [1.807, 2.05) is 4.52 Å². The maximum atomic E-state index is 12.3. The third-order valence-corrected chi connectivity index (χ3v) is 6.15. The first-order valence-electron chi connectivity index (χ1n) is 9.86. The van der Waals surface area contributed by atoms with Gasteiger partial charge in [-0.05, 0) is 44.7 Å². The van der Waals surface area contributed by atoms with Crippen LogP contribution in [0.4, 0.5) is 0 Å². The number of piperidine rings is 1. The Morgan fingerprint density at radius 1 is 1.21 bits per heavy atom. The van der Waals surface area contributed by atoms with E-state index >= 15 is 0 Å². The number of nitrogens with one attached hydrogen (secondary N) is 2. The maximum Gasteiger partial charge on any atom is 0.251 e. The number of halogens is 1. The molecule has 5 rings (SSSR count). The summed E-state index contributed by atoms with van der Waals surface area (Å²) in [5, 5.41) is 12.1. The Hall–Kier alpha value is -2.19. The second kappa shape index (κ2) is 7.67. The summed E-state index contributed by atoms with van der Waals surface area (Å²) in [7, 11) is 0. The van der Waals surface area contributed by atoms with Crippen LogP contribution in [0.25, 0.3) is 17.0 Å². The first-order valence-corrected chi connectivity index (χ1v) is 9.86. The monoisotopic (exact) mass is 404 g/mol. The highest BCUT2D eigenvalue weighted by molar-refractivity contribution is 5.85. The largest absolute Gasteiger partial charge is 0.339 e. The van der Waals surface area contributed by atoms with Crippen LogP contribution < -0.4 is 10.9 Å². The number of aromatic amines is 1. The minimum atomic E-state index is -0.120. The van der Waals surface area contributed by atoms with Crippen molar-refractivity contribution in [3.05, 3.63) is 34.2 Å². The first-order chi connectivity index (χ1) is 13.2. The van der Waals surface area contributed by atoms with Gasteiger partial charge in [0.2, 0.25) is 11.7 Å². The topological polar surface area (TPSA) is 101 Å². The molecule has 1 aliphatic carbocycles. The predicted molar refractivity (Wildman–Crippen MR) is 107 cm³/mol. The molecule has 9 heteroatoms. The van der Waals surface area contributed by atoms with Crippen LogP contribution in [0.1, 0.15) is 62.4 Å². The Bertz CT molecular complexity index is 1020. The molecule has 0 bridgehead atoms. The number of fused-ring (bicyclic) bond motifs is 1. The Morgan fingerprint density at radius 2 is 2.04 bits per heavy atom. The highest BCUT2D eigenvalue weighted by atomic mass is 35.5. The molecule has 0 unspecified atom stereocenters. The number of H-pyrrole nitrogens is 1. The lowest BCUT2D eigenvalue weighted by atomic mass is 9.94. The van der Waals surface area contributed by atoms with Crippen molar-refractivity contribution in [1.82, 2.24) is 30.1 Å². The highest BCUT2D eigenvalue weighted by Gasteiger charge is 2.30. The van der Waals surface area contributed by atoms with Gasteiger partial charge in [0.1, 0.15) is 5.65 Å². The average molecular weight is 405 g/mol. The van der Waals surface area contributed by atoms with E-state index in [1.54, 1.807) is 12.3 Å². The van der Waals surface area contributed by atoms with Gasteiger partial charge >= 0.3 is 0 Å². The molecule has 1 saturated carbocycles. The Morgan fingerprint density at radius 3 is 2.79 bits per heavy atom. The zero-order valence-corrected chi connectivity index (χ0v) is 16.7. The fourth-order valence-corrected chi connectivity index (χ4v) is 4.59. The molecule has 28 heavy (non-hydrogen) atoms. The molecule has 4 heterocycles. The second-order valence-corrected chi connectivity index (χ2v) is 7.87. The van der Waals surface area contributed by atoms with Crippen LogP contribution in [-0.4, -0.2) is 37.8 Å². The van der Waals surface area contributed by atoms with E-state index in [9.17, 15) is 4.79 Å². The number of nitrogens with zero attached hydrogens (tertiary/aromatic N) is 4. The summed E-state index contributed by atoms with van der Waals surface area (Å²) >= 11 is 0. The smallest absolute Gasteiger partial charge is 0.251 e. The van der Waals surface area contributed by atoms with Gasteiger partial charge in [0.15, 0.2) is 0 Å².